The standard InChI is InChI=1S/C48H32N3O.Pt/c52-44-27-11-10-24-41(44)43-32-38(33-16-4-1-5-17-33)31-42(49-43)36-22-14-23-37(30-36)47-48(51-29-13-12-28-45(51)50-47)46-39(34-18-6-2-7-19-34)25-15-26-40(46)35-20-8-3-9-21-35;/h1-29,31-32,52H;/q-1;. The molecule has 0 bridgehead atoms. The summed E-state index contributed by atoms with van der Waals surface area (Å²) in [6.07, 6.45) is 2.09. The number of pyridine rings is 2. The van der Waals surface area contributed by atoms with Gasteiger partial charge in [0.2, 0.25) is 0 Å². The van der Waals surface area contributed by atoms with E-state index in [4.69, 9.17) is 9.97 Å². The number of aromatic hydroxyl groups is 1. The average Bonchev–Trinajstić information content (AvgIpc) is 3.61. The first kappa shape index (κ1) is 33.8. The van der Waals surface area contributed by atoms with Crippen LogP contribution in [-0.4, -0.2) is 19.5 Å². The molecule has 0 aliphatic carbocycles. The predicted octanol–water partition coefficient (Wildman–Crippen LogP) is 11.9. The van der Waals surface area contributed by atoms with Gasteiger partial charge in [0.15, 0.2) is 0 Å². The number of hydrogen-bond donors (Lipinski definition) is 1. The molecule has 0 radical (unpaired) electrons. The fourth-order valence-electron chi connectivity index (χ4n) is 7.00. The van der Waals surface area contributed by atoms with Crippen LogP contribution in [0.3, 0.4) is 0 Å². The molecule has 0 saturated heterocycles. The smallest absolute Gasteiger partial charge is 0.129 e. The molecule has 6 aromatic carbocycles. The quantitative estimate of drug-likeness (QED) is 0.162. The van der Waals surface area contributed by atoms with Crippen LogP contribution in [0, 0.1) is 6.07 Å². The molecule has 5 heteroatoms. The number of fused-ring (bicyclic) bond motifs is 1. The van der Waals surface area contributed by atoms with Crippen LogP contribution in [0.15, 0.2) is 188 Å². The molecule has 0 spiro atoms. The average molecular weight is 862 g/mol. The van der Waals surface area contributed by atoms with E-state index >= 15 is 0 Å². The van der Waals surface area contributed by atoms with E-state index in [1.54, 1.807) is 6.07 Å². The van der Waals surface area contributed by atoms with Crippen LogP contribution in [0.4, 0.5) is 0 Å². The molecule has 9 rings (SSSR count). The van der Waals surface area contributed by atoms with Gasteiger partial charge in [-0.05, 0) is 63.7 Å². The van der Waals surface area contributed by atoms with Gasteiger partial charge in [0.25, 0.3) is 0 Å². The summed E-state index contributed by atoms with van der Waals surface area (Å²) in [5.41, 5.74) is 14.1. The van der Waals surface area contributed by atoms with E-state index in [1.165, 1.54) is 0 Å². The van der Waals surface area contributed by atoms with E-state index in [0.29, 0.717) is 11.3 Å². The van der Waals surface area contributed by atoms with Gasteiger partial charge in [-0.25, -0.2) is 0 Å². The van der Waals surface area contributed by atoms with Crippen LogP contribution < -0.4 is 0 Å². The van der Waals surface area contributed by atoms with Crippen LogP contribution in [0.1, 0.15) is 0 Å². The molecule has 3 aromatic heterocycles. The zero-order valence-electron chi connectivity index (χ0n) is 28.5. The van der Waals surface area contributed by atoms with Crippen molar-refractivity contribution in [3.8, 4) is 84.2 Å². The zero-order chi connectivity index (χ0) is 34.9. The van der Waals surface area contributed by atoms with Gasteiger partial charge < -0.3 is 9.51 Å². The number of phenolic OH excluding ortho intramolecular Hbond substituents is 1. The Bertz CT molecular complexity index is 2630. The molecule has 0 unspecified atom stereocenters. The van der Waals surface area contributed by atoms with Crippen molar-refractivity contribution in [3.63, 3.8) is 0 Å². The van der Waals surface area contributed by atoms with Gasteiger partial charge in [-0.3, -0.25) is 9.97 Å². The molecule has 1 N–H and O–H groups in total. The second-order valence-electron chi connectivity index (χ2n) is 12.7. The molecule has 0 aliphatic heterocycles. The summed E-state index contributed by atoms with van der Waals surface area (Å²) in [4.78, 5) is 10.4. The molecule has 0 fully saturated rings. The van der Waals surface area contributed by atoms with Gasteiger partial charge in [0.1, 0.15) is 11.4 Å². The van der Waals surface area contributed by atoms with Gasteiger partial charge in [-0.2, -0.15) is 0 Å². The third-order valence-electron chi connectivity index (χ3n) is 9.44. The first-order valence-electron chi connectivity index (χ1n) is 17.3. The van der Waals surface area contributed by atoms with Crippen molar-refractivity contribution in [2.24, 2.45) is 0 Å². The second kappa shape index (κ2) is 14.7. The third kappa shape index (κ3) is 6.50. The molecule has 256 valence electrons. The summed E-state index contributed by atoms with van der Waals surface area (Å²) in [6, 6.07) is 65.4. The summed E-state index contributed by atoms with van der Waals surface area (Å²) in [6.45, 7) is 0. The molecule has 0 amide bonds. The molecular formula is C48H32N3OPt-. The Morgan fingerprint density at radius 3 is 1.68 bits per heavy atom. The molecule has 4 nitrogen and oxygen atoms in total. The SMILES string of the molecule is Oc1ccccc1-c1cc(-c2ccccc2)cc(-c2[c-]c(-c3nc4ccccn4c3-c3c(-c4ccccc4)cccc3-c3ccccc3)ccc2)n1.[Pt]. The number of benzene rings is 6. The predicted molar refractivity (Wildman–Crippen MR) is 212 cm³/mol. The second-order valence-corrected chi connectivity index (χ2v) is 12.7. The van der Waals surface area contributed by atoms with Crippen molar-refractivity contribution >= 4 is 5.65 Å². The molecule has 53 heavy (non-hydrogen) atoms. The number of para-hydroxylation sites is 1. The molecule has 0 saturated carbocycles. The summed E-state index contributed by atoms with van der Waals surface area (Å²) in [5.74, 6) is 0.185. The largest absolute Gasteiger partial charge is 0.507 e. The topological polar surface area (TPSA) is 50.4 Å². The zero-order valence-corrected chi connectivity index (χ0v) is 30.8. The van der Waals surface area contributed by atoms with E-state index in [9.17, 15) is 5.11 Å². The number of aromatic nitrogens is 3. The van der Waals surface area contributed by atoms with Gasteiger partial charge in [0.05, 0.1) is 5.69 Å². The normalized spacial score (nSPS) is 10.9. The summed E-state index contributed by atoms with van der Waals surface area (Å²) in [7, 11) is 0. The number of nitrogens with zero attached hydrogens (tertiary/aromatic N) is 3. The third-order valence-corrected chi connectivity index (χ3v) is 9.44. The van der Waals surface area contributed by atoms with E-state index in [2.05, 4.69) is 126 Å². The summed E-state index contributed by atoms with van der Waals surface area (Å²) >= 11 is 0. The fraction of sp³-hybridized carbons (Fsp3) is 0. The maximum Gasteiger partial charge on any atom is 0.129 e. The number of hydrogen-bond acceptors (Lipinski definition) is 3. The van der Waals surface area contributed by atoms with Crippen molar-refractivity contribution in [2.75, 3.05) is 0 Å². The van der Waals surface area contributed by atoms with Crippen LogP contribution in [-0.2, 0) is 21.1 Å². The maximum absolute atomic E-state index is 10.8. The van der Waals surface area contributed by atoms with Gasteiger partial charge >= 0.3 is 0 Å². The van der Waals surface area contributed by atoms with Crippen LogP contribution in [0.25, 0.3) is 84.1 Å². The molecular weight excluding hydrogens is 830 g/mol. The number of imidazole rings is 1. The van der Waals surface area contributed by atoms with Crippen molar-refractivity contribution in [2.45, 2.75) is 0 Å². The molecule has 9 aromatic rings. The summed E-state index contributed by atoms with van der Waals surface area (Å²) < 4.78 is 2.19. The Morgan fingerprint density at radius 2 is 1.00 bits per heavy atom. The monoisotopic (exact) mass is 861 g/mol. The Morgan fingerprint density at radius 1 is 0.453 bits per heavy atom. The van der Waals surface area contributed by atoms with E-state index in [1.807, 2.05) is 66.7 Å². The fourth-order valence-corrected chi connectivity index (χ4v) is 7.00. The number of phenols is 1. The Kier molecular flexibility index (Phi) is 9.37. The van der Waals surface area contributed by atoms with Gasteiger partial charge in [0, 0.05) is 55.5 Å². The van der Waals surface area contributed by atoms with Crippen molar-refractivity contribution in [1.29, 1.82) is 0 Å². The van der Waals surface area contributed by atoms with E-state index in [-0.39, 0.29) is 26.8 Å². The molecule has 0 atom stereocenters. The van der Waals surface area contributed by atoms with Crippen molar-refractivity contribution in [1.82, 2.24) is 14.4 Å². The molecule has 0 aliphatic rings. The van der Waals surface area contributed by atoms with Crippen LogP contribution >= 0.6 is 0 Å². The first-order chi connectivity index (χ1) is 25.7. The van der Waals surface area contributed by atoms with Gasteiger partial charge in [-0.15, -0.1) is 24.3 Å². The Balaban J connectivity index is 0.00000400. The van der Waals surface area contributed by atoms with Crippen molar-refractivity contribution in [3.05, 3.63) is 194 Å². The van der Waals surface area contributed by atoms with Crippen molar-refractivity contribution < 1.29 is 26.2 Å². The maximum atomic E-state index is 10.8. The van der Waals surface area contributed by atoms with Crippen LogP contribution in [0.5, 0.6) is 5.75 Å². The minimum absolute atomic E-state index is 0. The van der Waals surface area contributed by atoms with E-state index < -0.39 is 0 Å². The summed E-state index contributed by atoms with van der Waals surface area (Å²) in [5, 5.41) is 10.8. The van der Waals surface area contributed by atoms with Crippen LogP contribution in [0.2, 0.25) is 0 Å². The Hall–Kier alpha value is -6.35. The Labute approximate surface area is 323 Å². The van der Waals surface area contributed by atoms with Gasteiger partial charge in [-0.1, -0.05) is 145 Å². The first-order valence-corrected chi connectivity index (χ1v) is 17.3. The van der Waals surface area contributed by atoms with E-state index in [0.717, 1.165) is 72.8 Å². The minimum atomic E-state index is 0. The number of rotatable bonds is 7. The molecule has 3 heterocycles. The minimum Gasteiger partial charge on any atom is -0.507 e.